The molecule has 2 aromatic rings. The Kier molecular flexibility index (Phi) is 4.98. The molecule has 21 heavy (non-hydrogen) atoms. The number of phenolic OH excluding ortho intramolecular Hbond substituents is 1. The minimum atomic E-state index is 0.123. The summed E-state index contributed by atoms with van der Waals surface area (Å²) in [5, 5.41) is 13.0. The highest BCUT2D eigenvalue weighted by Crippen LogP contribution is 2.30. The lowest BCUT2D eigenvalue weighted by molar-refractivity contribution is 0.318. The molecule has 0 aliphatic carbocycles. The van der Waals surface area contributed by atoms with Crippen LogP contribution in [0.3, 0.4) is 0 Å². The van der Waals surface area contributed by atoms with E-state index in [0.717, 1.165) is 30.0 Å². The van der Waals surface area contributed by atoms with Crippen molar-refractivity contribution in [2.45, 2.75) is 27.2 Å². The van der Waals surface area contributed by atoms with Crippen LogP contribution in [0.2, 0.25) is 0 Å². The van der Waals surface area contributed by atoms with Gasteiger partial charge < -0.3 is 15.2 Å². The number of aromatic hydroxyl groups is 1. The number of benzene rings is 1. The lowest BCUT2D eigenvalue weighted by Crippen LogP contribution is -2.04. The molecule has 5 nitrogen and oxygen atoms in total. The molecular formula is C16H21N3O2. The molecule has 0 spiro atoms. The summed E-state index contributed by atoms with van der Waals surface area (Å²) in [4.78, 5) is 8.97. The molecule has 0 bridgehead atoms. The topological polar surface area (TPSA) is 67.3 Å². The average molecular weight is 287 g/mol. The van der Waals surface area contributed by atoms with Crippen LogP contribution in [0.25, 0.3) is 11.4 Å². The first-order valence-electron chi connectivity index (χ1n) is 7.19. The lowest BCUT2D eigenvalue weighted by Gasteiger charge is -2.10. The van der Waals surface area contributed by atoms with Crippen LogP contribution in [0.4, 0.5) is 5.82 Å². The van der Waals surface area contributed by atoms with Crippen LogP contribution in [0, 0.1) is 6.92 Å². The summed E-state index contributed by atoms with van der Waals surface area (Å²) in [6.07, 6.45) is 1.03. The van der Waals surface area contributed by atoms with Crippen molar-refractivity contribution in [1.29, 1.82) is 0 Å². The lowest BCUT2D eigenvalue weighted by atomic mass is 10.2. The summed E-state index contributed by atoms with van der Waals surface area (Å²) in [7, 11) is 0. The molecule has 112 valence electrons. The number of hydrogen-bond donors (Lipinski definition) is 2. The normalized spacial score (nSPS) is 10.4. The maximum Gasteiger partial charge on any atom is 0.161 e. The standard InChI is InChI=1S/C16H21N3O2/c1-4-8-17-15-9-11(3)18-16(19-15)12-6-7-13(20)14(10-12)21-5-2/h6-7,9-10,20H,4-5,8H2,1-3H3,(H,17,18,19). The fraction of sp³-hybridized carbons (Fsp3) is 0.375. The first-order valence-corrected chi connectivity index (χ1v) is 7.19. The minimum Gasteiger partial charge on any atom is -0.504 e. The van der Waals surface area contributed by atoms with Crippen LogP contribution in [0.15, 0.2) is 24.3 Å². The van der Waals surface area contributed by atoms with E-state index in [1.807, 2.05) is 19.9 Å². The zero-order chi connectivity index (χ0) is 15.2. The van der Waals surface area contributed by atoms with Crippen LogP contribution < -0.4 is 10.1 Å². The molecule has 0 radical (unpaired) electrons. The van der Waals surface area contributed by atoms with Crippen molar-refractivity contribution >= 4 is 5.82 Å². The number of hydrogen-bond acceptors (Lipinski definition) is 5. The largest absolute Gasteiger partial charge is 0.504 e. The minimum absolute atomic E-state index is 0.123. The number of phenols is 1. The summed E-state index contributed by atoms with van der Waals surface area (Å²) < 4.78 is 5.40. The second-order valence-electron chi connectivity index (χ2n) is 4.76. The fourth-order valence-corrected chi connectivity index (χ4v) is 1.97. The number of aryl methyl sites for hydroxylation is 1. The maximum absolute atomic E-state index is 9.76. The monoisotopic (exact) mass is 287 g/mol. The zero-order valence-corrected chi connectivity index (χ0v) is 12.7. The number of rotatable bonds is 6. The second-order valence-corrected chi connectivity index (χ2v) is 4.76. The quantitative estimate of drug-likeness (QED) is 0.852. The first-order chi connectivity index (χ1) is 10.1. The van der Waals surface area contributed by atoms with Gasteiger partial charge in [0.1, 0.15) is 5.82 Å². The van der Waals surface area contributed by atoms with E-state index >= 15 is 0 Å². The third-order valence-electron chi connectivity index (χ3n) is 2.93. The van der Waals surface area contributed by atoms with Gasteiger partial charge in [-0.1, -0.05) is 6.92 Å². The molecule has 0 atom stereocenters. The van der Waals surface area contributed by atoms with Gasteiger partial charge in [0.25, 0.3) is 0 Å². The second kappa shape index (κ2) is 6.92. The van der Waals surface area contributed by atoms with Crippen molar-refractivity contribution in [2.24, 2.45) is 0 Å². The van der Waals surface area contributed by atoms with Crippen LogP contribution in [-0.4, -0.2) is 28.2 Å². The maximum atomic E-state index is 9.76. The highest BCUT2D eigenvalue weighted by atomic mass is 16.5. The third kappa shape index (κ3) is 3.84. The van der Waals surface area contributed by atoms with Gasteiger partial charge in [0.15, 0.2) is 17.3 Å². The molecule has 0 saturated heterocycles. The molecular weight excluding hydrogens is 266 g/mol. The number of anilines is 1. The molecule has 0 saturated carbocycles. The van der Waals surface area contributed by atoms with Crippen molar-refractivity contribution in [1.82, 2.24) is 9.97 Å². The molecule has 1 heterocycles. The first kappa shape index (κ1) is 15.1. The summed E-state index contributed by atoms with van der Waals surface area (Å²) in [5.41, 5.74) is 1.71. The van der Waals surface area contributed by atoms with Gasteiger partial charge in [0.05, 0.1) is 6.61 Å². The van der Waals surface area contributed by atoms with Gasteiger partial charge in [-0.05, 0) is 38.5 Å². The molecule has 0 fully saturated rings. The fourth-order valence-electron chi connectivity index (χ4n) is 1.97. The Morgan fingerprint density at radius 1 is 1.19 bits per heavy atom. The summed E-state index contributed by atoms with van der Waals surface area (Å²) >= 11 is 0. The van der Waals surface area contributed by atoms with Gasteiger partial charge in [-0.3, -0.25) is 0 Å². The summed E-state index contributed by atoms with van der Waals surface area (Å²) in [6.45, 7) is 7.29. The molecule has 0 aliphatic rings. The number of aromatic nitrogens is 2. The highest BCUT2D eigenvalue weighted by molar-refractivity contribution is 5.62. The molecule has 5 heteroatoms. The SMILES string of the molecule is CCCNc1cc(C)nc(-c2ccc(O)c(OCC)c2)n1. The van der Waals surface area contributed by atoms with E-state index in [0.29, 0.717) is 18.2 Å². The van der Waals surface area contributed by atoms with Crippen molar-refractivity contribution in [3.8, 4) is 22.9 Å². The van der Waals surface area contributed by atoms with E-state index in [4.69, 9.17) is 4.74 Å². The van der Waals surface area contributed by atoms with Crippen molar-refractivity contribution in [3.05, 3.63) is 30.0 Å². The van der Waals surface area contributed by atoms with Crippen molar-refractivity contribution in [3.63, 3.8) is 0 Å². The number of ether oxygens (including phenoxy) is 1. The summed E-state index contributed by atoms with van der Waals surface area (Å²) in [5.74, 6) is 2.00. The van der Waals surface area contributed by atoms with E-state index in [1.165, 1.54) is 0 Å². The Morgan fingerprint density at radius 2 is 2.00 bits per heavy atom. The Balaban J connectivity index is 2.36. The van der Waals surface area contributed by atoms with E-state index in [9.17, 15) is 5.11 Å². The number of nitrogens with zero attached hydrogens (tertiary/aromatic N) is 2. The van der Waals surface area contributed by atoms with Crippen LogP contribution in [0.1, 0.15) is 26.0 Å². The van der Waals surface area contributed by atoms with Crippen LogP contribution >= 0.6 is 0 Å². The summed E-state index contributed by atoms with van der Waals surface area (Å²) in [6, 6.07) is 7.07. The van der Waals surface area contributed by atoms with E-state index in [-0.39, 0.29) is 5.75 Å². The predicted molar refractivity (Wildman–Crippen MR) is 83.8 cm³/mol. The van der Waals surface area contributed by atoms with E-state index in [2.05, 4.69) is 22.2 Å². The molecule has 1 aromatic carbocycles. The van der Waals surface area contributed by atoms with Crippen molar-refractivity contribution in [2.75, 3.05) is 18.5 Å². The molecule has 2 rings (SSSR count). The van der Waals surface area contributed by atoms with Gasteiger partial charge in [0, 0.05) is 23.9 Å². The zero-order valence-electron chi connectivity index (χ0n) is 12.7. The molecule has 1 aromatic heterocycles. The molecule has 2 N–H and O–H groups in total. The smallest absolute Gasteiger partial charge is 0.161 e. The molecule has 0 amide bonds. The van der Waals surface area contributed by atoms with Gasteiger partial charge >= 0.3 is 0 Å². The van der Waals surface area contributed by atoms with E-state index < -0.39 is 0 Å². The van der Waals surface area contributed by atoms with Gasteiger partial charge in [-0.15, -0.1) is 0 Å². The van der Waals surface area contributed by atoms with Gasteiger partial charge in [0.2, 0.25) is 0 Å². The molecule has 0 unspecified atom stereocenters. The molecule has 0 aliphatic heterocycles. The third-order valence-corrected chi connectivity index (χ3v) is 2.93. The Morgan fingerprint density at radius 3 is 2.71 bits per heavy atom. The average Bonchev–Trinajstić information content (AvgIpc) is 2.47. The van der Waals surface area contributed by atoms with E-state index in [1.54, 1.807) is 18.2 Å². The number of nitrogens with one attached hydrogen (secondary N) is 1. The van der Waals surface area contributed by atoms with Gasteiger partial charge in [-0.2, -0.15) is 0 Å². The van der Waals surface area contributed by atoms with Crippen molar-refractivity contribution < 1.29 is 9.84 Å². The van der Waals surface area contributed by atoms with Gasteiger partial charge in [-0.25, -0.2) is 9.97 Å². The highest BCUT2D eigenvalue weighted by Gasteiger charge is 2.09. The Bertz CT molecular complexity index is 614. The van der Waals surface area contributed by atoms with Crippen LogP contribution in [-0.2, 0) is 0 Å². The van der Waals surface area contributed by atoms with Crippen LogP contribution in [0.5, 0.6) is 11.5 Å². The Labute approximate surface area is 125 Å². The Hall–Kier alpha value is -2.30. The predicted octanol–water partition coefficient (Wildman–Crippen LogP) is 3.38.